The quantitative estimate of drug-likeness (QED) is 0.749. The summed E-state index contributed by atoms with van der Waals surface area (Å²) >= 11 is 0. The minimum absolute atomic E-state index is 0.288. The molecule has 0 amide bonds. The smallest absolute Gasteiger partial charge is 0.221 e. The number of nitrogens with zero attached hydrogens (tertiary/aromatic N) is 3. The molecule has 2 aromatic heterocycles. The third kappa shape index (κ3) is 4.08. The fraction of sp³-hybridized carbons (Fsp3) is 0.357. The lowest BCUT2D eigenvalue weighted by molar-refractivity contribution is 0.313. The molecule has 0 saturated carbocycles. The van der Waals surface area contributed by atoms with Crippen LogP contribution < -0.4 is 15.8 Å². The van der Waals surface area contributed by atoms with Gasteiger partial charge in [0.15, 0.2) is 0 Å². The van der Waals surface area contributed by atoms with Crippen molar-refractivity contribution < 1.29 is 4.74 Å². The van der Waals surface area contributed by atoms with Crippen molar-refractivity contribution in [2.45, 2.75) is 19.8 Å². The van der Waals surface area contributed by atoms with E-state index >= 15 is 0 Å². The van der Waals surface area contributed by atoms with Gasteiger partial charge in [0, 0.05) is 24.5 Å². The van der Waals surface area contributed by atoms with Crippen molar-refractivity contribution in [3.63, 3.8) is 0 Å². The molecule has 106 valence electrons. The minimum Gasteiger partial charge on any atom is -0.492 e. The van der Waals surface area contributed by atoms with Crippen LogP contribution >= 0.6 is 0 Å². The highest BCUT2D eigenvalue weighted by molar-refractivity contribution is 5.45. The molecule has 0 aliphatic carbocycles. The number of nitrogens with one attached hydrogen (secondary N) is 1. The second kappa shape index (κ2) is 7.28. The standard InChI is InChI=1S/C14H19N5O/c1-2-11-9-18-14(15)19-13(11)17-7-4-8-20-12-5-3-6-16-10-12/h3,5-6,9-10H,2,4,7-8H2,1H3,(H3,15,17,18,19). The first kappa shape index (κ1) is 14.0. The molecule has 0 aliphatic rings. The van der Waals surface area contributed by atoms with Gasteiger partial charge in [-0.2, -0.15) is 4.98 Å². The first-order valence-corrected chi connectivity index (χ1v) is 6.67. The van der Waals surface area contributed by atoms with Crippen LogP contribution in [0.4, 0.5) is 11.8 Å². The van der Waals surface area contributed by atoms with E-state index < -0.39 is 0 Å². The number of aryl methyl sites for hydroxylation is 1. The van der Waals surface area contributed by atoms with Crippen LogP contribution in [0.2, 0.25) is 0 Å². The molecule has 6 heteroatoms. The molecule has 0 bridgehead atoms. The van der Waals surface area contributed by atoms with Crippen molar-refractivity contribution in [3.05, 3.63) is 36.3 Å². The number of ether oxygens (including phenoxy) is 1. The van der Waals surface area contributed by atoms with Gasteiger partial charge in [-0.1, -0.05) is 6.92 Å². The van der Waals surface area contributed by atoms with Crippen LogP contribution in [0, 0.1) is 0 Å². The summed E-state index contributed by atoms with van der Waals surface area (Å²) in [5.41, 5.74) is 6.66. The number of rotatable bonds is 7. The van der Waals surface area contributed by atoms with E-state index in [9.17, 15) is 0 Å². The van der Waals surface area contributed by atoms with E-state index in [1.807, 2.05) is 12.1 Å². The molecule has 0 aliphatic heterocycles. The monoisotopic (exact) mass is 273 g/mol. The minimum atomic E-state index is 0.288. The molecule has 2 heterocycles. The maximum Gasteiger partial charge on any atom is 0.221 e. The Bertz CT molecular complexity index is 532. The SMILES string of the molecule is CCc1cnc(N)nc1NCCCOc1cccnc1. The van der Waals surface area contributed by atoms with Gasteiger partial charge in [-0.05, 0) is 25.0 Å². The molecule has 0 radical (unpaired) electrons. The molecule has 20 heavy (non-hydrogen) atoms. The van der Waals surface area contributed by atoms with Crippen LogP contribution in [0.1, 0.15) is 18.9 Å². The van der Waals surface area contributed by atoms with E-state index in [2.05, 4.69) is 27.2 Å². The third-order valence-corrected chi connectivity index (χ3v) is 2.78. The molecule has 2 aromatic rings. The van der Waals surface area contributed by atoms with E-state index in [0.29, 0.717) is 6.61 Å². The van der Waals surface area contributed by atoms with Crippen LogP contribution in [-0.2, 0) is 6.42 Å². The molecule has 0 spiro atoms. The summed E-state index contributed by atoms with van der Waals surface area (Å²) in [6.45, 7) is 3.45. The summed E-state index contributed by atoms with van der Waals surface area (Å²) in [4.78, 5) is 12.2. The topological polar surface area (TPSA) is 86.0 Å². The Balaban J connectivity index is 1.75. The summed E-state index contributed by atoms with van der Waals surface area (Å²) < 4.78 is 5.56. The molecule has 0 aromatic carbocycles. The van der Waals surface area contributed by atoms with Gasteiger partial charge in [0.1, 0.15) is 11.6 Å². The van der Waals surface area contributed by atoms with Crippen molar-refractivity contribution in [3.8, 4) is 5.75 Å². The normalized spacial score (nSPS) is 10.2. The van der Waals surface area contributed by atoms with Crippen molar-refractivity contribution >= 4 is 11.8 Å². The molecule has 0 unspecified atom stereocenters. The van der Waals surface area contributed by atoms with E-state index in [0.717, 1.165) is 36.5 Å². The summed E-state index contributed by atoms with van der Waals surface area (Å²) in [6, 6.07) is 3.74. The molecule has 6 nitrogen and oxygen atoms in total. The Hall–Kier alpha value is -2.37. The summed E-state index contributed by atoms with van der Waals surface area (Å²) in [6.07, 6.45) is 6.92. The Kier molecular flexibility index (Phi) is 5.11. The lowest BCUT2D eigenvalue weighted by atomic mass is 10.2. The number of nitrogens with two attached hydrogens (primary N) is 1. The zero-order chi connectivity index (χ0) is 14.2. The van der Waals surface area contributed by atoms with Crippen molar-refractivity contribution in [2.75, 3.05) is 24.2 Å². The Morgan fingerprint density at radius 1 is 1.35 bits per heavy atom. The molecule has 0 fully saturated rings. The number of hydrogen-bond donors (Lipinski definition) is 2. The second-order valence-corrected chi connectivity index (χ2v) is 4.27. The van der Waals surface area contributed by atoms with Gasteiger partial charge in [-0.25, -0.2) is 4.98 Å². The average molecular weight is 273 g/mol. The van der Waals surface area contributed by atoms with Crippen LogP contribution in [0.3, 0.4) is 0 Å². The summed E-state index contributed by atoms with van der Waals surface area (Å²) in [5.74, 6) is 1.88. The van der Waals surface area contributed by atoms with Crippen molar-refractivity contribution in [1.29, 1.82) is 0 Å². The molecular formula is C14H19N5O. The molecule has 0 atom stereocenters. The maximum atomic E-state index is 5.59. The number of anilines is 2. The van der Waals surface area contributed by atoms with Gasteiger partial charge in [-0.15, -0.1) is 0 Å². The zero-order valence-electron chi connectivity index (χ0n) is 11.5. The summed E-state index contributed by atoms with van der Waals surface area (Å²) in [7, 11) is 0. The van der Waals surface area contributed by atoms with Gasteiger partial charge in [0.25, 0.3) is 0 Å². The highest BCUT2D eigenvalue weighted by Gasteiger charge is 2.03. The van der Waals surface area contributed by atoms with Crippen LogP contribution in [0.15, 0.2) is 30.7 Å². The number of nitrogen functional groups attached to an aromatic ring is 1. The highest BCUT2D eigenvalue weighted by atomic mass is 16.5. The number of pyridine rings is 1. The second-order valence-electron chi connectivity index (χ2n) is 4.27. The fourth-order valence-corrected chi connectivity index (χ4v) is 1.73. The highest BCUT2D eigenvalue weighted by Crippen LogP contribution is 2.13. The van der Waals surface area contributed by atoms with Crippen molar-refractivity contribution in [1.82, 2.24) is 15.0 Å². The van der Waals surface area contributed by atoms with E-state index in [1.165, 1.54) is 0 Å². The third-order valence-electron chi connectivity index (χ3n) is 2.78. The van der Waals surface area contributed by atoms with Gasteiger partial charge >= 0.3 is 0 Å². The first-order valence-electron chi connectivity index (χ1n) is 6.67. The molecule has 2 rings (SSSR count). The van der Waals surface area contributed by atoms with E-state index in [-0.39, 0.29) is 5.95 Å². The lowest BCUT2D eigenvalue weighted by Gasteiger charge is -2.10. The Morgan fingerprint density at radius 3 is 3.00 bits per heavy atom. The first-order chi connectivity index (χ1) is 9.79. The van der Waals surface area contributed by atoms with Crippen LogP contribution in [0.25, 0.3) is 0 Å². The average Bonchev–Trinajstić information content (AvgIpc) is 2.48. The van der Waals surface area contributed by atoms with Gasteiger partial charge in [0.05, 0.1) is 12.8 Å². The van der Waals surface area contributed by atoms with Gasteiger partial charge in [-0.3, -0.25) is 4.98 Å². The Labute approximate surface area is 118 Å². The number of hydrogen-bond acceptors (Lipinski definition) is 6. The molecule has 0 saturated heterocycles. The molecule has 3 N–H and O–H groups in total. The molecular weight excluding hydrogens is 254 g/mol. The predicted molar refractivity (Wildman–Crippen MR) is 78.7 cm³/mol. The fourth-order valence-electron chi connectivity index (χ4n) is 1.73. The van der Waals surface area contributed by atoms with Crippen LogP contribution in [-0.4, -0.2) is 28.1 Å². The predicted octanol–water partition coefficient (Wildman–Crippen LogP) is 1.90. The Morgan fingerprint density at radius 2 is 2.25 bits per heavy atom. The van der Waals surface area contributed by atoms with Gasteiger partial charge in [0.2, 0.25) is 5.95 Å². The maximum absolute atomic E-state index is 5.59. The van der Waals surface area contributed by atoms with E-state index in [4.69, 9.17) is 10.5 Å². The summed E-state index contributed by atoms with van der Waals surface area (Å²) in [5, 5.41) is 3.26. The lowest BCUT2D eigenvalue weighted by Crippen LogP contribution is -2.11. The van der Waals surface area contributed by atoms with Gasteiger partial charge < -0.3 is 15.8 Å². The van der Waals surface area contributed by atoms with Crippen LogP contribution in [0.5, 0.6) is 5.75 Å². The van der Waals surface area contributed by atoms with Crippen molar-refractivity contribution in [2.24, 2.45) is 0 Å². The number of aromatic nitrogens is 3. The zero-order valence-corrected chi connectivity index (χ0v) is 11.5. The van der Waals surface area contributed by atoms with E-state index in [1.54, 1.807) is 18.6 Å². The largest absolute Gasteiger partial charge is 0.492 e.